The Morgan fingerprint density at radius 2 is 1.61 bits per heavy atom. The van der Waals surface area contributed by atoms with Gasteiger partial charge in [-0.1, -0.05) is 13.0 Å². The SMILES string of the molecule is C=CC1CCC(C2CCC(C)C(F)C2F)CC1.O.[HH]. The lowest BCUT2D eigenvalue weighted by Gasteiger charge is -2.40. The van der Waals surface area contributed by atoms with Gasteiger partial charge < -0.3 is 5.48 Å². The molecule has 2 aliphatic carbocycles. The van der Waals surface area contributed by atoms with Crippen molar-refractivity contribution < 1.29 is 15.7 Å². The molecular weight excluding hydrogens is 234 g/mol. The fraction of sp³-hybridized carbons (Fsp3) is 0.867. The van der Waals surface area contributed by atoms with Crippen LogP contribution in [-0.4, -0.2) is 17.8 Å². The minimum absolute atomic E-state index is 0. The molecule has 2 fully saturated rings. The van der Waals surface area contributed by atoms with Gasteiger partial charge in [-0.25, -0.2) is 8.78 Å². The van der Waals surface area contributed by atoms with Gasteiger partial charge >= 0.3 is 0 Å². The molecule has 0 aromatic heterocycles. The van der Waals surface area contributed by atoms with Crippen molar-refractivity contribution in [2.75, 3.05) is 0 Å². The van der Waals surface area contributed by atoms with Crippen molar-refractivity contribution in [2.45, 2.75) is 57.8 Å². The summed E-state index contributed by atoms with van der Waals surface area (Å²) in [6.07, 6.45) is 5.65. The molecule has 4 atom stereocenters. The van der Waals surface area contributed by atoms with Crippen molar-refractivity contribution in [1.82, 2.24) is 0 Å². The minimum atomic E-state index is -1.23. The maximum Gasteiger partial charge on any atom is 0.134 e. The summed E-state index contributed by atoms with van der Waals surface area (Å²) in [7, 11) is 0. The maximum absolute atomic E-state index is 14.1. The molecule has 0 aliphatic heterocycles. The maximum atomic E-state index is 14.1. The fourth-order valence-electron chi connectivity index (χ4n) is 3.63. The van der Waals surface area contributed by atoms with Crippen LogP contribution in [0.15, 0.2) is 12.7 Å². The molecule has 2 rings (SSSR count). The van der Waals surface area contributed by atoms with E-state index in [0.717, 1.165) is 38.5 Å². The highest BCUT2D eigenvalue weighted by molar-refractivity contribution is 4.93. The van der Waals surface area contributed by atoms with Crippen LogP contribution in [0.3, 0.4) is 0 Å². The van der Waals surface area contributed by atoms with Gasteiger partial charge in [0.25, 0.3) is 0 Å². The van der Waals surface area contributed by atoms with Crippen LogP contribution in [0.5, 0.6) is 0 Å². The van der Waals surface area contributed by atoms with E-state index in [2.05, 4.69) is 6.58 Å². The molecule has 0 amide bonds. The van der Waals surface area contributed by atoms with E-state index in [1.165, 1.54) is 0 Å². The van der Waals surface area contributed by atoms with Crippen LogP contribution in [0.1, 0.15) is 46.9 Å². The van der Waals surface area contributed by atoms with E-state index in [-0.39, 0.29) is 18.7 Å². The highest BCUT2D eigenvalue weighted by Gasteiger charge is 2.42. The second-order valence-electron chi connectivity index (χ2n) is 6.02. The molecule has 4 unspecified atom stereocenters. The molecule has 0 bridgehead atoms. The Labute approximate surface area is 110 Å². The molecule has 1 nitrogen and oxygen atoms in total. The third-order valence-electron chi connectivity index (χ3n) is 4.97. The molecule has 2 saturated carbocycles. The lowest BCUT2D eigenvalue weighted by atomic mass is 9.68. The van der Waals surface area contributed by atoms with Crippen LogP contribution < -0.4 is 0 Å². The Hall–Kier alpha value is -0.440. The number of alkyl halides is 2. The Bertz CT molecular complexity index is 267. The van der Waals surface area contributed by atoms with E-state index in [9.17, 15) is 8.78 Å². The van der Waals surface area contributed by atoms with Crippen molar-refractivity contribution >= 4 is 0 Å². The molecule has 0 radical (unpaired) electrons. The van der Waals surface area contributed by atoms with Gasteiger partial charge in [0.05, 0.1) is 0 Å². The average molecular weight is 262 g/mol. The Morgan fingerprint density at radius 1 is 1.00 bits per heavy atom. The molecule has 0 heterocycles. The van der Waals surface area contributed by atoms with Gasteiger partial charge in [-0.05, 0) is 62.2 Å². The molecule has 18 heavy (non-hydrogen) atoms. The lowest BCUT2D eigenvalue weighted by Crippen LogP contribution is -2.41. The summed E-state index contributed by atoms with van der Waals surface area (Å²) in [5.41, 5.74) is 0. The van der Waals surface area contributed by atoms with E-state index >= 15 is 0 Å². The number of hydrogen-bond donors (Lipinski definition) is 0. The number of halogens is 2. The molecule has 0 spiro atoms. The van der Waals surface area contributed by atoms with Crippen LogP contribution in [0, 0.1) is 23.7 Å². The highest BCUT2D eigenvalue weighted by Crippen LogP contribution is 2.43. The van der Waals surface area contributed by atoms with E-state index in [4.69, 9.17) is 0 Å². The zero-order chi connectivity index (χ0) is 12.4. The monoisotopic (exact) mass is 262 g/mol. The fourth-order valence-corrected chi connectivity index (χ4v) is 3.63. The smallest absolute Gasteiger partial charge is 0.134 e. The quantitative estimate of drug-likeness (QED) is 0.670. The number of hydrogen-bond acceptors (Lipinski definition) is 0. The summed E-state index contributed by atoms with van der Waals surface area (Å²) in [6, 6.07) is 0. The van der Waals surface area contributed by atoms with Crippen molar-refractivity contribution in [3.05, 3.63) is 12.7 Å². The van der Waals surface area contributed by atoms with Gasteiger partial charge in [0.2, 0.25) is 0 Å². The minimum Gasteiger partial charge on any atom is -0.412 e. The summed E-state index contributed by atoms with van der Waals surface area (Å²) in [6.45, 7) is 5.66. The Kier molecular flexibility index (Phi) is 5.77. The van der Waals surface area contributed by atoms with E-state index in [1.807, 2.05) is 13.0 Å². The third-order valence-corrected chi connectivity index (χ3v) is 4.97. The van der Waals surface area contributed by atoms with Gasteiger partial charge in [0.15, 0.2) is 0 Å². The molecular formula is C15H28F2O. The normalized spacial score (nSPS) is 45.1. The molecule has 0 saturated heterocycles. The zero-order valence-corrected chi connectivity index (χ0v) is 11.2. The van der Waals surface area contributed by atoms with Crippen LogP contribution >= 0.6 is 0 Å². The highest BCUT2D eigenvalue weighted by atomic mass is 19.2. The van der Waals surface area contributed by atoms with Crippen molar-refractivity contribution in [3.8, 4) is 0 Å². The summed E-state index contributed by atoms with van der Waals surface area (Å²) >= 11 is 0. The van der Waals surface area contributed by atoms with Gasteiger partial charge in [-0.3, -0.25) is 0 Å². The molecule has 3 heteroatoms. The van der Waals surface area contributed by atoms with Crippen molar-refractivity contribution in [2.24, 2.45) is 23.7 Å². The van der Waals surface area contributed by atoms with E-state index < -0.39 is 12.3 Å². The summed E-state index contributed by atoms with van der Waals surface area (Å²) in [5.74, 6) is 0.901. The first kappa shape index (κ1) is 15.6. The number of allylic oxidation sites excluding steroid dienone is 1. The van der Waals surface area contributed by atoms with E-state index in [1.54, 1.807) is 0 Å². The van der Waals surface area contributed by atoms with E-state index in [0.29, 0.717) is 11.8 Å². The standard InChI is InChI=1S/C15H24F2.H2O.H2/c1-3-11-5-7-12(8-6-11)13-9-4-10(2)14(16)15(13)17;;/h3,10-15H,1,4-9H2,2H3;1H2;1H. The van der Waals surface area contributed by atoms with Crippen molar-refractivity contribution in [3.63, 3.8) is 0 Å². The Balaban J connectivity index is 0.00000162. The third kappa shape index (κ3) is 3.11. The molecule has 2 aliphatic rings. The largest absolute Gasteiger partial charge is 0.412 e. The first-order valence-electron chi connectivity index (χ1n) is 7.04. The van der Waals surface area contributed by atoms with Gasteiger partial charge in [0, 0.05) is 1.43 Å². The molecule has 0 aromatic carbocycles. The second-order valence-corrected chi connectivity index (χ2v) is 6.02. The predicted molar refractivity (Wildman–Crippen MR) is 73.1 cm³/mol. The zero-order valence-electron chi connectivity index (χ0n) is 11.2. The first-order chi connectivity index (χ1) is 8.13. The van der Waals surface area contributed by atoms with Crippen LogP contribution in [0.25, 0.3) is 0 Å². The predicted octanol–water partition coefficient (Wildman–Crippen LogP) is 4.12. The topological polar surface area (TPSA) is 31.5 Å². The molecule has 0 aromatic rings. The van der Waals surface area contributed by atoms with Gasteiger partial charge in [-0.15, -0.1) is 6.58 Å². The average Bonchev–Trinajstić information content (AvgIpc) is 2.36. The van der Waals surface area contributed by atoms with Crippen LogP contribution in [0.4, 0.5) is 8.78 Å². The summed E-state index contributed by atoms with van der Waals surface area (Å²) in [5, 5.41) is 0. The van der Waals surface area contributed by atoms with Crippen LogP contribution in [0.2, 0.25) is 0 Å². The Morgan fingerprint density at radius 3 is 2.17 bits per heavy atom. The van der Waals surface area contributed by atoms with Crippen molar-refractivity contribution in [1.29, 1.82) is 0 Å². The summed E-state index contributed by atoms with van der Waals surface area (Å²) in [4.78, 5) is 0. The first-order valence-corrected chi connectivity index (χ1v) is 7.04. The van der Waals surface area contributed by atoms with Crippen LogP contribution in [-0.2, 0) is 0 Å². The molecule has 108 valence electrons. The second kappa shape index (κ2) is 6.65. The van der Waals surface area contributed by atoms with Gasteiger partial charge in [-0.2, -0.15) is 0 Å². The summed E-state index contributed by atoms with van der Waals surface area (Å²) < 4.78 is 27.8. The lowest BCUT2D eigenvalue weighted by molar-refractivity contribution is -0.00496. The van der Waals surface area contributed by atoms with Gasteiger partial charge in [0.1, 0.15) is 12.3 Å². The number of rotatable bonds is 2. The molecule has 2 N–H and O–H groups in total.